The minimum absolute atomic E-state index is 0.0188. The van der Waals surface area contributed by atoms with Gasteiger partial charge < -0.3 is 14.5 Å². The van der Waals surface area contributed by atoms with Gasteiger partial charge in [-0.1, -0.05) is 18.0 Å². The van der Waals surface area contributed by atoms with E-state index in [4.69, 9.17) is 9.63 Å². The van der Waals surface area contributed by atoms with Crippen LogP contribution in [0.15, 0.2) is 4.52 Å². The van der Waals surface area contributed by atoms with Crippen LogP contribution in [0, 0.1) is 0 Å². The summed E-state index contributed by atoms with van der Waals surface area (Å²) in [7, 11) is 1.68. The van der Waals surface area contributed by atoms with Crippen LogP contribution in [0.2, 0.25) is 0 Å². The Kier molecular flexibility index (Phi) is 4.90. The largest absolute Gasteiger partial charge is 0.395 e. The van der Waals surface area contributed by atoms with Gasteiger partial charge in [0.25, 0.3) is 0 Å². The number of rotatable bonds is 6. The third-order valence-electron chi connectivity index (χ3n) is 3.62. The highest BCUT2D eigenvalue weighted by Gasteiger charge is 2.22. The molecular weight excluding hydrogens is 246 g/mol. The molecule has 0 radical (unpaired) electrons. The van der Waals surface area contributed by atoms with E-state index >= 15 is 0 Å². The molecule has 6 heteroatoms. The molecule has 106 valence electrons. The van der Waals surface area contributed by atoms with Crippen LogP contribution in [-0.2, 0) is 11.2 Å². The molecule has 1 amide bonds. The average molecular weight is 267 g/mol. The first-order chi connectivity index (χ1) is 9.20. The second-order valence-corrected chi connectivity index (χ2v) is 5.07. The number of aromatic nitrogens is 2. The summed E-state index contributed by atoms with van der Waals surface area (Å²) in [6.45, 7) is 0.338. The molecule has 6 nitrogen and oxygen atoms in total. The van der Waals surface area contributed by atoms with E-state index in [0.29, 0.717) is 31.2 Å². The van der Waals surface area contributed by atoms with E-state index in [-0.39, 0.29) is 12.5 Å². The third kappa shape index (κ3) is 3.76. The zero-order chi connectivity index (χ0) is 13.7. The van der Waals surface area contributed by atoms with Gasteiger partial charge in [-0.05, 0) is 12.8 Å². The van der Waals surface area contributed by atoms with Crippen LogP contribution in [0.1, 0.15) is 49.7 Å². The maximum absolute atomic E-state index is 11.7. The van der Waals surface area contributed by atoms with Crippen molar-refractivity contribution in [1.29, 1.82) is 0 Å². The van der Waals surface area contributed by atoms with E-state index in [1.165, 1.54) is 17.7 Å². The zero-order valence-electron chi connectivity index (χ0n) is 11.3. The highest BCUT2D eigenvalue weighted by Crippen LogP contribution is 2.32. The third-order valence-corrected chi connectivity index (χ3v) is 3.62. The summed E-state index contributed by atoms with van der Waals surface area (Å²) < 4.78 is 5.19. The van der Waals surface area contributed by atoms with E-state index in [1.54, 1.807) is 7.05 Å². The van der Waals surface area contributed by atoms with Crippen molar-refractivity contribution >= 4 is 5.91 Å². The van der Waals surface area contributed by atoms with Crippen molar-refractivity contribution in [3.8, 4) is 0 Å². The molecule has 1 aromatic rings. The highest BCUT2D eigenvalue weighted by atomic mass is 16.5. The Morgan fingerprint density at radius 2 is 2.21 bits per heavy atom. The summed E-state index contributed by atoms with van der Waals surface area (Å²) in [5, 5.41) is 12.8. The number of aliphatic hydroxyl groups excluding tert-OH is 1. The van der Waals surface area contributed by atoms with Crippen molar-refractivity contribution in [3.63, 3.8) is 0 Å². The Morgan fingerprint density at radius 1 is 1.47 bits per heavy atom. The smallest absolute Gasteiger partial charge is 0.227 e. The maximum atomic E-state index is 11.7. The summed E-state index contributed by atoms with van der Waals surface area (Å²) in [6.07, 6.45) is 5.55. The van der Waals surface area contributed by atoms with E-state index in [1.807, 2.05) is 0 Å². The highest BCUT2D eigenvalue weighted by molar-refractivity contribution is 5.75. The summed E-state index contributed by atoms with van der Waals surface area (Å²) >= 11 is 0. The number of amides is 1. The lowest BCUT2D eigenvalue weighted by Crippen LogP contribution is -2.29. The van der Waals surface area contributed by atoms with Crippen molar-refractivity contribution in [2.45, 2.75) is 44.4 Å². The van der Waals surface area contributed by atoms with Gasteiger partial charge in [0.2, 0.25) is 11.8 Å². The van der Waals surface area contributed by atoms with Crippen LogP contribution in [0.4, 0.5) is 0 Å². The molecule has 19 heavy (non-hydrogen) atoms. The summed E-state index contributed by atoms with van der Waals surface area (Å²) in [6, 6.07) is 0. The lowest BCUT2D eigenvalue weighted by Gasteiger charge is -2.14. The Balaban J connectivity index is 1.81. The van der Waals surface area contributed by atoms with Crippen molar-refractivity contribution < 1.29 is 14.4 Å². The van der Waals surface area contributed by atoms with Gasteiger partial charge in [-0.2, -0.15) is 4.98 Å². The number of hydrogen-bond donors (Lipinski definition) is 1. The minimum atomic E-state index is -0.0192. The Labute approximate surface area is 112 Å². The SMILES string of the molecule is CN(CCO)C(=O)CCc1nc(C2CCCC2)no1. The molecule has 0 aliphatic heterocycles. The monoisotopic (exact) mass is 267 g/mol. The first-order valence-electron chi connectivity index (χ1n) is 6.88. The Morgan fingerprint density at radius 3 is 2.89 bits per heavy atom. The fraction of sp³-hybridized carbons (Fsp3) is 0.769. The molecule has 0 aromatic carbocycles. The molecule has 0 atom stereocenters. The van der Waals surface area contributed by atoms with Crippen LogP contribution < -0.4 is 0 Å². The van der Waals surface area contributed by atoms with Gasteiger partial charge in [0, 0.05) is 32.4 Å². The predicted octanol–water partition coefficient (Wildman–Crippen LogP) is 1.11. The van der Waals surface area contributed by atoms with Gasteiger partial charge >= 0.3 is 0 Å². The van der Waals surface area contributed by atoms with Gasteiger partial charge in [0.15, 0.2) is 5.82 Å². The first kappa shape index (κ1) is 14.0. The van der Waals surface area contributed by atoms with Crippen LogP contribution in [-0.4, -0.2) is 46.3 Å². The van der Waals surface area contributed by atoms with Gasteiger partial charge in [-0.3, -0.25) is 4.79 Å². The molecule has 1 saturated carbocycles. The quantitative estimate of drug-likeness (QED) is 0.835. The van der Waals surface area contributed by atoms with Gasteiger partial charge in [-0.15, -0.1) is 0 Å². The zero-order valence-corrected chi connectivity index (χ0v) is 11.3. The molecule has 1 aromatic heterocycles. The van der Waals surface area contributed by atoms with Crippen LogP contribution in [0.5, 0.6) is 0 Å². The maximum Gasteiger partial charge on any atom is 0.227 e. The molecule has 1 aliphatic carbocycles. The van der Waals surface area contributed by atoms with E-state index < -0.39 is 0 Å². The number of aryl methyl sites for hydroxylation is 1. The second-order valence-electron chi connectivity index (χ2n) is 5.07. The van der Waals surface area contributed by atoms with Crippen molar-refractivity contribution in [2.75, 3.05) is 20.2 Å². The summed E-state index contributed by atoms with van der Waals surface area (Å²) in [5.41, 5.74) is 0. The molecule has 1 fully saturated rings. The number of hydrogen-bond acceptors (Lipinski definition) is 5. The van der Waals surface area contributed by atoms with Crippen LogP contribution in [0.25, 0.3) is 0 Å². The van der Waals surface area contributed by atoms with Crippen molar-refractivity contribution in [3.05, 3.63) is 11.7 Å². The first-order valence-corrected chi connectivity index (χ1v) is 6.88. The standard InChI is InChI=1S/C13H21N3O3/c1-16(8-9-17)12(18)7-6-11-14-13(15-19-11)10-4-2-3-5-10/h10,17H,2-9H2,1H3. The van der Waals surface area contributed by atoms with E-state index in [0.717, 1.165) is 18.7 Å². The van der Waals surface area contributed by atoms with E-state index in [2.05, 4.69) is 10.1 Å². The van der Waals surface area contributed by atoms with Crippen molar-refractivity contribution in [2.24, 2.45) is 0 Å². The number of aliphatic hydroxyl groups is 1. The fourth-order valence-electron chi connectivity index (χ4n) is 2.40. The van der Waals surface area contributed by atoms with E-state index in [9.17, 15) is 4.79 Å². The lowest BCUT2D eigenvalue weighted by molar-refractivity contribution is -0.130. The molecule has 1 heterocycles. The Hall–Kier alpha value is -1.43. The van der Waals surface area contributed by atoms with Gasteiger partial charge in [-0.25, -0.2) is 0 Å². The van der Waals surface area contributed by atoms with Crippen LogP contribution in [0.3, 0.4) is 0 Å². The summed E-state index contributed by atoms with van der Waals surface area (Å²) in [5.74, 6) is 1.75. The minimum Gasteiger partial charge on any atom is -0.395 e. The molecule has 0 spiro atoms. The normalized spacial score (nSPS) is 15.9. The topological polar surface area (TPSA) is 79.5 Å². The molecule has 1 aliphatic rings. The van der Waals surface area contributed by atoms with Crippen molar-refractivity contribution in [1.82, 2.24) is 15.0 Å². The molecule has 1 N–H and O–H groups in total. The molecular formula is C13H21N3O3. The lowest BCUT2D eigenvalue weighted by atomic mass is 10.1. The molecule has 0 unspecified atom stereocenters. The Bertz CT molecular complexity index is 413. The number of nitrogens with zero attached hydrogens (tertiary/aromatic N) is 3. The molecule has 0 bridgehead atoms. The number of carbonyl (C=O) groups excluding carboxylic acids is 1. The molecule has 0 saturated heterocycles. The average Bonchev–Trinajstić information content (AvgIpc) is 3.06. The molecule has 2 rings (SSSR count). The van der Waals surface area contributed by atoms with Gasteiger partial charge in [0.05, 0.1) is 6.61 Å². The number of likely N-dealkylation sites (N-methyl/N-ethyl adjacent to an activating group) is 1. The summed E-state index contributed by atoms with van der Waals surface area (Å²) in [4.78, 5) is 17.6. The predicted molar refractivity (Wildman–Crippen MR) is 68.6 cm³/mol. The second kappa shape index (κ2) is 6.65. The van der Waals surface area contributed by atoms with Crippen LogP contribution >= 0.6 is 0 Å². The number of carbonyl (C=O) groups is 1. The fourth-order valence-corrected chi connectivity index (χ4v) is 2.40. The van der Waals surface area contributed by atoms with Gasteiger partial charge in [0.1, 0.15) is 0 Å².